The Bertz CT molecular complexity index is 208. The predicted octanol–water partition coefficient (Wildman–Crippen LogP) is 2.17. The Kier molecular flexibility index (Phi) is 7.20. The van der Waals surface area contributed by atoms with Gasteiger partial charge in [-0.3, -0.25) is 0 Å². The van der Waals surface area contributed by atoms with Crippen LogP contribution < -0.4 is 5.73 Å². The van der Waals surface area contributed by atoms with Crippen molar-refractivity contribution in [1.82, 2.24) is 9.80 Å². The molecule has 1 saturated carbocycles. The van der Waals surface area contributed by atoms with Crippen LogP contribution in [0, 0.1) is 5.41 Å². The van der Waals surface area contributed by atoms with Crippen LogP contribution in [-0.4, -0.2) is 57.1 Å². The van der Waals surface area contributed by atoms with Gasteiger partial charge in [-0.05, 0) is 65.5 Å². The van der Waals surface area contributed by atoms with E-state index in [1.807, 2.05) is 0 Å². The van der Waals surface area contributed by atoms with Crippen molar-refractivity contribution < 1.29 is 0 Å². The van der Waals surface area contributed by atoms with Crippen LogP contribution in [0.25, 0.3) is 0 Å². The highest BCUT2D eigenvalue weighted by Crippen LogP contribution is 2.34. The second-order valence-electron chi connectivity index (χ2n) is 6.51. The molecule has 0 saturated heterocycles. The Morgan fingerprint density at radius 3 is 2.06 bits per heavy atom. The lowest BCUT2D eigenvalue weighted by atomic mass is 9.80. The maximum atomic E-state index is 6.10. The molecule has 1 aliphatic carbocycles. The molecule has 108 valence electrons. The SMILES string of the molecule is CN(C)CCCN(C)CC1(CN)CCCCCC1. The number of nitrogens with two attached hydrogens (primary N) is 1. The summed E-state index contributed by atoms with van der Waals surface area (Å²) in [6.45, 7) is 4.43. The van der Waals surface area contributed by atoms with Gasteiger partial charge in [0, 0.05) is 6.54 Å². The molecule has 3 heteroatoms. The van der Waals surface area contributed by atoms with Gasteiger partial charge in [0.25, 0.3) is 0 Å². The fraction of sp³-hybridized carbons (Fsp3) is 1.00. The van der Waals surface area contributed by atoms with Crippen LogP contribution in [0.4, 0.5) is 0 Å². The van der Waals surface area contributed by atoms with Gasteiger partial charge in [0.15, 0.2) is 0 Å². The average Bonchev–Trinajstić information content (AvgIpc) is 2.55. The molecule has 3 nitrogen and oxygen atoms in total. The molecule has 0 amide bonds. The summed E-state index contributed by atoms with van der Waals surface area (Å²) in [4.78, 5) is 4.76. The van der Waals surface area contributed by atoms with E-state index < -0.39 is 0 Å². The second kappa shape index (κ2) is 8.13. The molecule has 0 aromatic rings. The first-order chi connectivity index (χ1) is 8.58. The maximum Gasteiger partial charge on any atom is 0.00470 e. The van der Waals surface area contributed by atoms with Crippen molar-refractivity contribution >= 4 is 0 Å². The van der Waals surface area contributed by atoms with Gasteiger partial charge in [-0.25, -0.2) is 0 Å². The summed E-state index contributed by atoms with van der Waals surface area (Å²) in [5, 5.41) is 0. The number of rotatable bonds is 7. The Hall–Kier alpha value is -0.120. The van der Waals surface area contributed by atoms with Crippen molar-refractivity contribution in [3.8, 4) is 0 Å². The number of hydrogen-bond acceptors (Lipinski definition) is 3. The fourth-order valence-corrected chi connectivity index (χ4v) is 3.21. The third-order valence-corrected chi connectivity index (χ3v) is 4.35. The first kappa shape index (κ1) is 15.9. The standard InChI is InChI=1S/C15H33N3/c1-17(2)11-8-12-18(3)14-15(13-16)9-6-4-5-7-10-15/h4-14,16H2,1-3H3. The third-order valence-electron chi connectivity index (χ3n) is 4.35. The summed E-state index contributed by atoms with van der Waals surface area (Å²) in [6.07, 6.45) is 9.50. The molecular weight excluding hydrogens is 222 g/mol. The first-order valence-electron chi connectivity index (χ1n) is 7.61. The highest BCUT2D eigenvalue weighted by atomic mass is 15.1. The largest absolute Gasteiger partial charge is 0.330 e. The Labute approximate surface area is 114 Å². The van der Waals surface area contributed by atoms with Crippen LogP contribution in [0.3, 0.4) is 0 Å². The van der Waals surface area contributed by atoms with Gasteiger partial charge in [0.1, 0.15) is 0 Å². The average molecular weight is 255 g/mol. The van der Waals surface area contributed by atoms with E-state index in [9.17, 15) is 0 Å². The van der Waals surface area contributed by atoms with Gasteiger partial charge in [-0.15, -0.1) is 0 Å². The molecular formula is C15H33N3. The monoisotopic (exact) mass is 255 g/mol. The molecule has 1 rings (SSSR count). The lowest BCUT2D eigenvalue weighted by Crippen LogP contribution is -2.41. The van der Waals surface area contributed by atoms with E-state index in [1.54, 1.807) is 0 Å². The molecule has 1 aliphatic rings. The first-order valence-corrected chi connectivity index (χ1v) is 7.61. The van der Waals surface area contributed by atoms with Gasteiger partial charge in [0.2, 0.25) is 0 Å². The van der Waals surface area contributed by atoms with Gasteiger partial charge in [0.05, 0.1) is 0 Å². The van der Waals surface area contributed by atoms with Gasteiger partial charge >= 0.3 is 0 Å². The van der Waals surface area contributed by atoms with E-state index in [4.69, 9.17) is 5.73 Å². The highest BCUT2D eigenvalue weighted by Gasteiger charge is 2.30. The summed E-state index contributed by atoms with van der Waals surface area (Å²) in [5.74, 6) is 0. The molecule has 0 atom stereocenters. The van der Waals surface area contributed by atoms with Gasteiger partial charge in [-0.2, -0.15) is 0 Å². The van der Waals surface area contributed by atoms with E-state index >= 15 is 0 Å². The summed E-state index contributed by atoms with van der Waals surface area (Å²) >= 11 is 0. The summed E-state index contributed by atoms with van der Waals surface area (Å²) in [6, 6.07) is 0. The third kappa shape index (κ3) is 5.68. The van der Waals surface area contributed by atoms with E-state index in [0.29, 0.717) is 5.41 Å². The Balaban J connectivity index is 2.35. The van der Waals surface area contributed by atoms with Crippen LogP contribution in [0.1, 0.15) is 44.9 Å². The normalized spacial score (nSPS) is 20.3. The van der Waals surface area contributed by atoms with Crippen molar-refractivity contribution in [2.24, 2.45) is 11.1 Å². The molecule has 0 aromatic carbocycles. The summed E-state index contributed by atoms with van der Waals surface area (Å²) in [7, 11) is 6.55. The topological polar surface area (TPSA) is 32.5 Å². The van der Waals surface area contributed by atoms with E-state index in [-0.39, 0.29) is 0 Å². The molecule has 0 spiro atoms. The van der Waals surface area contributed by atoms with Crippen molar-refractivity contribution in [3.63, 3.8) is 0 Å². The summed E-state index contributed by atoms with van der Waals surface area (Å²) in [5.41, 5.74) is 6.50. The number of hydrogen-bond donors (Lipinski definition) is 1. The van der Waals surface area contributed by atoms with Crippen LogP contribution in [0.15, 0.2) is 0 Å². The highest BCUT2D eigenvalue weighted by molar-refractivity contribution is 4.85. The minimum atomic E-state index is 0.406. The molecule has 0 radical (unpaired) electrons. The molecule has 0 unspecified atom stereocenters. The zero-order valence-electron chi connectivity index (χ0n) is 12.7. The lowest BCUT2D eigenvalue weighted by Gasteiger charge is -2.35. The zero-order valence-corrected chi connectivity index (χ0v) is 12.7. The van der Waals surface area contributed by atoms with Crippen molar-refractivity contribution in [1.29, 1.82) is 0 Å². The van der Waals surface area contributed by atoms with Crippen molar-refractivity contribution in [2.75, 3.05) is 47.3 Å². The van der Waals surface area contributed by atoms with E-state index in [2.05, 4.69) is 30.9 Å². The van der Waals surface area contributed by atoms with Crippen molar-refractivity contribution in [3.05, 3.63) is 0 Å². The van der Waals surface area contributed by atoms with Crippen molar-refractivity contribution in [2.45, 2.75) is 44.9 Å². The molecule has 2 N–H and O–H groups in total. The molecule has 0 heterocycles. The molecule has 18 heavy (non-hydrogen) atoms. The van der Waals surface area contributed by atoms with Crippen LogP contribution in [0.5, 0.6) is 0 Å². The Morgan fingerprint density at radius 2 is 1.56 bits per heavy atom. The smallest absolute Gasteiger partial charge is 0.00470 e. The zero-order chi connectivity index (χ0) is 13.4. The molecule has 0 bridgehead atoms. The second-order valence-corrected chi connectivity index (χ2v) is 6.51. The van der Waals surface area contributed by atoms with Crippen LogP contribution in [0.2, 0.25) is 0 Å². The van der Waals surface area contributed by atoms with E-state index in [1.165, 1.54) is 64.6 Å². The molecule has 1 fully saturated rings. The Morgan fingerprint density at radius 1 is 0.944 bits per heavy atom. The minimum Gasteiger partial charge on any atom is -0.330 e. The number of nitrogens with zero attached hydrogens (tertiary/aromatic N) is 2. The minimum absolute atomic E-state index is 0.406. The molecule has 0 aromatic heterocycles. The van der Waals surface area contributed by atoms with Gasteiger partial charge in [-0.1, -0.05) is 25.7 Å². The predicted molar refractivity (Wildman–Crippen MR) is 79.9 cm³/mol. The molecule has 0 aliphatic heterocycles. The quantitative estimate of drug-likeness (QED) is 0.708. The fourth-order valence-electron chi connectivity index (χ4n) is 3.21. The summed E-state index contributed by atoms with van der Waals surface area (Å²) < 4.78 is 0. The van der Waals surface area contributed by atoms with Gasteiger partial charge < -0.3 is 15.5 Å². The lowest BCUT2D eigenvalue weighted by molar-refractivity contribution is 0.154. The van der Waals surface area contributed by atoms with Crippen LogP contribution in [-0.2, 0) is 0 Å². The van der Waals surface area contributed by atoms with Crippen LogP contribution >= 0.6 is 0 Å². The maximum absolute atomic E-state index is 6.10. The van der Waals surface area contributed by atoms with E-state index in [0.717, 1.165) is 6.54 Å².